The molecule has 2 rings (SSSR count). The lowest BCUT2D eigenvalue weighted by Gasteiger charge is -2.18. The van der Waals surface area contributed by atoms with Crippen molar-refractivity contribution < 1.29 is 14.3 Å². The predicted molar refractivity (Wildman–Crippen MR) is 79.0 cm³/mol. The van der Waals surface area contributed by atoms with Crippen LogP contribution >= 0.6 is 0 Å². The molecule has 0 saturated heterocycles. The Bertz CT molecular complexity index is 481. The fourth-order valence-corrected chi connectivity index (χ4v) is 3.06. The van der Waals surface area contributed by atoms with Crippen molar-refractivity contribution >= 4 is 5.97 Å². The van der Waals surface area contributed by atoms with E-state index in [4.69, 9.17) is 9.47 Å². The summed E-state index contributed by atoms with van der Waals surface area (Å²) in [5.41, 5.74) is 2.65. The van der Waals surface area contributed by atoms with Crippen LogP contribution in [-0.2, 0) is 9.53 Å². The molecule has 0 N–H and O–H groups in total. The van der Waals surface area contributed by atoms with Gasteiger partial charge in [-0.2, -0.15) is 0 Å². The Balaban J connectivity index is 2.04. The first-order chi connectivity index (χ1) is 9.60. The maximum Gasteiger partial charge on any atom is 0.308 e. The van der Waals surface area contributed by atoms with Crippen molar-refractivity contribution in [1.82, 2.24) is 0 Å². The van der Waals surface area contributed by atoms with E-state index in [0.29, 0.717) is 11.8 Å². The number of hydrogen-bond acceptors (Lipinski definition) is 3. The molecule has 1 aromatic carbocycles. The molecule has 0 bridgehead atoms. The van der Waals surface area contributed by atoms with Crippen LogP contribution in [0.5, 0.6) is 5.75 Å². The number of hydrogen-bond donors (Lipinski definition) is 0. The number of carbonyl (C=O) groups is 1. The third-order valence-corrected chi connectivity index (χ3v) is 4.42. The number of methoxy groups -OCH3 is 2. The summed E-state index contributed by atoms with van der Waals surface area (Å²) in [5, 5.41) is 0. The molecule has 1 aliphatic rings. The highest BCUT2D eigenvalue weighted by atomic mass is 16.5. The van der Waals surface area contributed by atoms with Gasteiger partial charge in [0.15, 0.2) is 0 Å². The summed E-state index contributed by atoms with van der Waals surface area (Å²) < 4.78 is 10.1. The predicted octanol–water partition coefficient (Wildman–Crippen LogP) is 3.70. The normalized spacial score (nSPS) is 22.2. The van der Waals surface area contributed by atoms with Gasteiger partial charge >= 0.3 is 5.97 Å². The molecular formula is C17H24O3. The zero-order valence-electron chi connectivity index (χ0n) is 12.8. The summed E-state index contributed by atoms with van der Waals surface area (Å²) in [6.45, 7) is 4.34. The molecule has 3 nitrogen and oxygen atoms in total. The molecule has 20 heavy (non-hydrogen) atoms. The molecule has 0 spiro atoms. The van der Waals surface area contributed by atoms with Crippen molar-refractivity contribution in [3.05, 3.63) is 29.3 Å². The first-order valence-electron chi connectivity index (χ1n) is 7.33. The van der Waals surface area contributed by atoms with Crippen LogP contribution in [-0.4, -0.2) is 20.2 Å². The first-order valence-corrected chi connectivity index (χ1v) is 7.33. The lowest BCUT2D eigenvalue weighted by molar-refractivity contribution is -0.142. The number of aryl methyl sites for hydroxylation is 1. The Labute approximate surface area is 121 Å². The smallest absolute Gasteiger partial charge is 0.308 e. The fourth-order valence-electron chi connectivity index (χ4n) is 3.06. The van der Waals surface area contributed by atoms with E-state index in [9.17, 15) is 4.79 Å². The molecule has 110 valence electrons. The SMILES string of the molecule is CCC(CC1CC1C(=O)OC)c1ccc(OC)cc1C. The van der Waals surface area contributed by atoms with Gasteiger partial charge in [-0.1, -0.05) is 13.0 Å². The summed E-state index contributed by atoms with van der Waals surface area (Å²) in [5.74, 6) is 2.00. The summed E-state index contributed by atoms with van der Waals surface area (Å²) in [6, 6.07) is 6.27. The van der Waals surface area contributed by atoms with Gasteiger partial charge < -0.3 is 9.47 Å². The summed E-state index contributed by atoms with van der Waals surface area (Å²) >= 11 is 0. The third-order valence-electron chi connectivity index (χ3n) is 4.42. The zero-order chi connectivity index (χ0) is 14.7. The molecule has 0 radical (unpaired) electrons. The van der Waals surface area contributed by atoms with Crippen LogP contribution in [0.4, 0.5) is 0 Å². The monoisotopic (exact) mass is 276 g/mol. The lowest BCUT2D eigenvalue weighted by atomic mass is 9.88. The van der Waals surface area contributed by atoms with Crippen LogP contribution in [0.25, 0.3) is 0 Å². The Morgan fingerprint density at radius 3 is 2.70 bits per heavy atom. The summed E-state index contributed by atoms with van der Waals surface area (Å²) in [4.78, 5) is 11.5. The molecular weight excluding hydrogens is 252 g/mol. The Morgan fingerprint density at radius 2 is 2.15 bits per heavy atom. The third kappa shape index (κ3) is 3.14. The van der Waals surface area contributed by atoms with Crippen molar-refractivity contribution in [3.63, 3.8) is 0 Å². The molecule has 3 atom stereocenters. The van der Waals surface area contributed by atoms with Crippen molar-refractivity contribution in [1.29, 1.82) is 0 Å². The van der Waals surface area contributed by atoms with E-state index in [1.165, 1.54) is 18.2 Å². The van der Waals surface area contributed by atoms with Gasteiger partial charge in [-0.15, -0.1) is 0 Å². The van der Waals surface area contributed by atoms with Crippen molar-refractivity contribution in [3.8, 4) is 5.75 Å². The summed E-state index contributed by atoms with van der Waals surface area (Å²) in [6.07, 6.45) is 3.15. The van der Waals surface area contributed by atoms with E-state index >= 15 is 0 Å². The Morgan fingerprint density at radius 1 is 1.40 bits per heavy atom. The van der Waals surface area contributed by atoms with Gasteiger partial charge in [-0.3, -0.25) is 4.79 Å². The van der Waals surface area contributed by atoms with Crippen LogP contribution in [0.1, 0.15) is 43.2 Å². The molecule has 3 heteroatoms. The van der Waals surface area contributed by atoms with E-state index in [2.05, 4.69) is 26.0 Å². The molecule has 0 heterocycles. The minimum Gasteiger partial charge on any atom is -0.497 e. The van der Waals surface area contributed by atoms with Gasteiger partial charge in [0, 0.05) is 0 Å². The second-order valence-electron chi connectivity index (χ2n) is 5.69. The molecule has 1 saturated carbocycles. The lowest BCUT2D eigenvalue weighted by Crippen LogP contribution is -2.07. The number of benzene rings is 1. The van der Waals surface area contributed by atoms with Crippen molar-refractivity contribution in [2.24, 2.45) is 11.8 Å². The van der Waals surface area contributed by atoms with E-state index < -0.39 is 0 Å². The standard InChI is InChI=1S/C17H24O3/c1-5-12(9-13-10-16(13)17(18)20-4)15-7-6-14(19-3)8-11(15)2/h6-8,12-13,16H,5,9-10H2,1-4H3. The zero-order valence-corrected chi connectivity index (χ0v) is 12.8. The van der Waals surface area contributed by atoms with E-state index in [1.807, 2.05) is 6.07 Å². The highest BCUT2D eigenvalue weighted by molar-refractivity contribution is 5.75. The van der Waals surface area contributed by atoms with E-state index in [-0.39, 0.29) is 11.9 Å². The number of esters is 1. The first kappa shape index (κ1) is 14.9. The highest BCUT2D eigenvalue weighted by Crippen LogP contribution is 2.47. The van der Waals surface area contributed by atoms with Crippen LogP contribution < -0.4 is 4.74 Å². The molecule has 0 amide bonds. The van der Waals surface area contributed by atoms with Crippen LogP contribution in [0.3, 0.4) is 0 Å². The molecule has 3 unspecified atom stereocenters. The van der Waals surface area contributed by atoms with Gasteiger partial charge in [0.05, 0.1) is 20.1 Å². The average Bonchev–Trinajstić information content (AvgIpc) is 3.23. The van der Waals surface area contributed by atoms with Crippen LogP contribution in [0, 0.1) is 18.8 Å². The second-order valence-corrected chi connectivity index (χ2v) is 5.69. The minimum absolute atomic E-state index is 0.0451. The van der Waals surface area contributed by atoms with Gasteiger partial charge in [-0.25, -0.2) is 0 Å². The van der Waals surface area contributed by atoms with Crippen molar-refractivity contribution in [2.75, 3.05) is 14.2 Å². The van der Waals surface area contributed by atoms with Gasteiger partial charge in [0.25, 0.3) is 0 Å². The Kier molecular flexibility index (Phi) is 4.69. The average molecular weight is 276 g/mol. The molecule has 1 aromatic rings. The maximum atomic E-state index is 11.5. The summed E-state index contributed by atoms with van der Waals surface area (Å²) in [7, 11) is 3.17. The number of rotatable bonds is 6. The molecule has 1 aliphatic carbocycles. The Hall–Kier alpha value is -1.51. The van der Waals surface area contributed by atoms with E-state index in [1.54, 1.807) is 7.11 Å². The topological polar surface area (TPSA) is 35.5 Å². The molecule has 0 aliphatic heterocycles. The number of carbonyl (C=O) groups excluding carboxylic acids is 1. The highest BCUT2D eigenvalue weighted by Gasteiger charge is 2.44. The largest absolute Gasteiger partial charge is 0.497 e. The van der Waals surface area contributed by atoms with Gasteiger partial charge in [0.1, 0.15) is 5.75 Å². The fraction of sp³-hybridized carbons (Fsp3) is 0.588. The van der Waals surface area contributed by atoms with Gasteiger partial charge in [0.2, 0.25) is 0 Å². The second kappa shape index (κ2) is 6.29. The molecule has 1 fully saturated rings. The van der Waals surface area contributed by atoms with E-state index in [0.717, 1.165) is 25.0 Å². The quantitative estimate of drug-likeness (QED) is 0.743. The van der Waals surface area contributed by atoms with Crippen LogP contribution in [0.15, 0.2) is 18.2 Å². The minimum atomic E-state index is -0.0451. The van der Waals surface area contributed by atoms with Crippen molar-refractivity contribution in [2.45, 2.75) is 39.0 Å². The molecule has 0 aromatic heterocycles. The van der Waals surface area contributed by atoms with Gasteiger partial charge in [-0.05, 0) is 61.3 Å². The van der Waals surface area contributed by atoms with Crippen LogP contribution in [0.2, 0.25) is 0 Å². The maximum absolute atomic E-state index is 11.5. The number of ether oxygens (including phenoxy) is 2.